The Labute approximate surface area is 148 Å². The van der Waals surface area contributed by atoms with Crippen LogP contribution in [0.2, 0.25) is 58.9 Å². The number of rotatable bonds is 11. The molecule has 0 aliphatic heterocycles. The van der Waals surface area contributed by atoms with Gasteiger partial charge in [0.2, 0.25) is 8.32 Å². The first kappa shape index (κ1) is 23.1. The molecule has 0 aromatic rings. The van der Waals surface area contributed by atoms with Crippen molar-refractivity contribution in [2.24, 2.45) is 0 Å². The van der Waals surface area contributed by atoms with Crippen molar-refractivity contribution >= 4 is 30.8 Å². The third kappa shape index (κ3) is 12.1. The zero-order valence-corrected chi connectivity index (χ0v) is 20.2. The van der Waals surface area contributed by atoms with Gasteiger partial charge in [0.25, 0.3) is 5.97 Å². The van der Waals surface area contributed by atoms with E-state index in [-0.39, 0.29) is 5.97 Å². The van der Waals surface area contributed by atoms with Crippen LogP contribution in [0.15, 0.2) is 0 Å². The summed E-state index contributed by atoms with van der Waals surface area (Å²) in [6, 6.07) is 0. The summed E-state index contributed by atoms with van der Waals surface area (Å²) in [6.07, 6.45) is 6.56. The summed E-state index contributed by atoms with van der Waals surface area (Å²) in [5, 5.41) is 0. The molecule has 0 aliphatic rings. The van der Waals surface area contributed by atoms with Gasteiger partial charge in [0.15, 0.2) is 0 Å². The molecule has 0 saturated heterocycles. The van der Waals surface area contributed by atoms with E-state index in [2.05, 4.69) is 63.2 Å². The molecule has 0 radical (unpaired) electrons. The molecular weight excluding hydrogens is 334 g/mol. The van der Waals surface area contributed by atoms with Crippen molar-refractivity contribution in [1.82, 2.24) is 4.23 Å². The van der Waals surface area contributed by atoms with Gasteiger partial charge in [0.05, 0.1) is 0 Å². The third-order valence-electron chi connectivity index (χ3n) is 3.80. The largest absolute Gasteiger partial charge is 0.520 e. The molecule has 0 spiro atoms. The summed E-state index contributed by atoms with van der Waals surface area (Å²) < 4.78 is 8.34. The molecule has 0 aliphatic carbocycles. The fourth-order valence-corrected chi connectivity index (χ4v) is 13.6. The summed E-state index contributed by atoms with van der Waals surface area (Å²) in [6.45, 7) is 22.3. The van der Waals surface area contributed by atoms with Gasteiger partial charge in [0.1, 0.15) is 16.5 Å². The number of carbonyl (C=O) groups excluding carboxylic acids is 1. The van der Waals surface area contributed by atoms with Crippen LogP contribution >= 0.6 is 0 Å². The van der Waals surface area contributed by atoms with Gasteiger partial charge in [-0.15, -0.1) is 0 Å². The van der Waals surface area contributed by atoms with Gasteiger partial charge in [-0.25, -0.2) is 0 Å². The average Bonchev–Trinajstić information content (AvgIpc) is 2.26. The Hall–Kier alpha value is 0.0806. The molecule has 0 atom stereocenters. The van der Waals surface area contributed by atoms with Crippen LogP contribution in [0, 0.1) is 0 Å². The maximum absolute atomic E-state index is 11.7. The molecular formula is C17H41NO2Si3. The predicted octanol–water partition coefficient (Wildman–Crippen LogP) is 5.68. The Morgan fingerprint density at radius 1 is 0.739 bits per heavy atom. The minimum Gasteiger partial charge on any atom is -0.520 e. The Kier molecular flexibility index (Phi) is 9.57. The molecule has 0 unspecified atom stereocenters. The van der Waals surface area contributed by atoms with Crippen LogP contribution < -0.4 is 0 Å². The van der Waals surface area contributed by atoms with Crippen LogP contribution in [0.5, 0.6) is 0 Å². The molecule has 0 aromatic heterocycles. The number of nitrogens with zero attached hydrogens (tertiary/aromatic N) is 1. The van der Waals surface area contributed by atoms with E-state index in [9.17, 15) is 4.79 Å². The van der Waals surface area contributed by atoms with Gasteiger partial charge < -0.3 is 8.66 Å². The number of hydrogen-bond donors (Lipinski definition) is 0. The van der Waals surface area contributed by atoms with E-state index in [1.165, 1.54) is 25.8 Å². The van der Waals surface area contributed by atoms with Crippen LogP contribution in [-0.4, -0.2) is 41.5 Å². The summed E-state index contributed by atoms with van der Waals surface area (Å²) in [4.78, 5) is 11.7. The predicted molar refractivity (Wildman–Crippen MR) is 111 cm³/mol. The van der Waals surface area contributed by atoms with Gasteiger partial charge in [-0.2, -0.15) is 0 Å². The van der Waals surface area contributed by atoms with Crippen LogP contribution in [0.3, 0.4) is 0 Å². The lowest BCUT2D eigenvalue weighted by Gasteiger charge is -2.43. The van der Waals surface area contributed by atoms with Crippen molar-refractivity contribution in [3.05, 3.63) is 0 Å². The topological polar surface area (TPSA) is 29.5 Å². The maximum atomic E-state index is 11.7. The molecule has 0 fully saturated rings. The van der Waals surface area contributed by atoms with E-state index >= 15 is 0 Å². The van der Waals surface area contributed by atoms with E-state index in [1.807, 2.05) is 0 Å². The van der Waals surface area contributed by atoms with Gasteiger partial charge in [-0.05, 0) is 39.0 Å². The zero-order chi connectivity index (χ0) is 18.3. The normalized spacial score (nSPS) is 13.5. The Balaban J connectivity index is 3.87. The van der Waals surface area contributed by atoms with E-state index in [1.54, 1.807) is 0 Å². The fraction of sp³-hybridized carbons (Fsp3) is 0.941. The average molecular weight is 376 g/mol. The summed E-state index contributed by atoms with van der Waals surface area (Å²) >= 11 is 0. The SMILES string of the molecule is C[Si](C)(C)OC(=O)CCCCCCCN([Si](C)(C)C)[Si](C)(C)C. The summed E-state index contributed by atoms with van der Waals surface area (Å²) in [7, 11) is -4.09. The summed E-state index contributed by atoms with van der Waals surface area (Å²) in [5.74, 6) is 0.00723. The van der Waals surface area contributed by atoms with Crippen molar-refractivity contribution in [2.45, 2.75) is 97.4 Å². The smallest absolute Gasteiger partial charge is 0.292 e. The molecule has 138 valence electrons. The van der Waals surface area contributed by atoms with Crippen LogP contribution in [0.4, 0.5) is 0 Å². The molecule has 0 saturated carbocycles. The molecule has 0 amide bonds. The maximum Gasteiger partial charge on any atom is 0.292 e. The fourth-order valence-electron chi connectivity index (χ4n) is 3.14. The molecule has 0 N–H and O–H groups in total. The minimum absolute atomic E-state index is 0.00723. The van der Waals surface area contributed by atoms with Crippen molar-refractivity contribution in [3.63, 3.8) is 0 Å². The highest BCUT2D eigenvalue weighted by atomic mass is 28.4. The lowest BCUT2D eigenvalue weighted by atomic mass is 10.1. The number of unbranched alkanes of at least 4 members (excludes halogenated alkanes) is 4. The highest BCUT2D eigenvalue weighted by Crippen LogP contribution is 2.21. The molecule has 23 heavy (non-hydrogen) atoms. The molecule has 3 nitrogen and oxygen atoms in total. The molecule has 0 bridgehead atoms. The molecule has 0 heterocycles. The van der Waals surface area contributed by atoms with E-state index < -0.39 is 24.8 Å². The summed E-state index contributed by atoms with van der Waals surface area (Å²) in [5.41, 5.74) is 0. The van der Waals surface area contributed by atoms with E-state index in [4.69, 9.17) is 4.43 Å². The van der Waals surface area contributed by atoms with Crippen molar-refractivity contribution in [1.29, 1.82) is 0 Å². The monoisotopic (exact) mass is 375 g/mol. The van der Waals surface area contributed by atoms with Crippen molar-refractivity contribution in [2.75, 3.05) is 6.54 Å². The van der Waals surface area contributed by atoms with E-state index in [0.717, 1.165) is 12.8 Å². The van der Waals surface area contributed by atoms with Gasteiger partial charge in [0, 0.05) is 6.42 Å². The Morgan fingerprint density at radius 2 is 1.17 bits per heavy atom. The van der Waals surface area contributed by atoms with Crippen molar-refractivity contribution < 1.29 is 9.22 Å². The zero-order valence-electron chi connectivity index (χ0n) is 17.2. The first-order valence-corrected chi connectivity index (χ1v) is 19.5. The highest BCUT2D eigenvalue weighted by molar-refractivity contribution is 6.89. The molecule has 0 rings (SSSR count). The Morgan fingerprint density at radius 3 is 1.61 bits per heavy atom. The second-order valence-electron chi connectivity index (χ2n) is 9.60. The van der Waals surface area contributed by atoms with Gasteiger partial charge >= 0.3 is 0 Å². The van der Waals surface area contributed by atoms with E-state index in [0.29, 0.717) is 6.42 Å². The first-order valence-electron chi connectivity index (χ1n) is 9.23. The minimum atomic E-state index is -1.70. The van der Waals surface area contributed by atoms with Crippen LogP contribution in [0.1, 0.15) is 38.5 Å². The van der Waals surface area contributed by atoms with Crippen molar-refractivity contribution in [3.8, 4) is 0 Å². The van der Waals surface area contributed by atoms with Crippen LogP contribution in [0.25, 0.3) is 0 Å². The third-order valence-corrected chi connectivity index (χ3v) is 12.4. The Bertz CT molecular complexity index is 340. The standard InChI is InChI=1S/C17H41NO2Si3/c1-21(2,3)18(22(4,5)6)16-14-12-10-11-13-15-17(19)20-23(7,8)9/h10-16H2,1-9H3. The quantitative estimate of drug-likeness (QED) is 0.344. The molecule has 0 aromatic carbocycles. The lowest BCUT2D eigenvalue weighted by Crippen LogP contribution is -2.59. The second-order valence-corrected chi connectivity index (χ2v) is 24.2. The second kappa shape index (κ2) is 9.53. The first-order chi connectivity index (χ1) is 10.2. The molecule has 6 heteroatoms. The number of carbonyl (C=O) groups is 1. The van der Waals surface area contributed by atoms with Gasteiger partial charge in [-0.1, -0.05) is 58.5 Å². The van der Waals surface area contributed by atoms with Gasteiger partial charge in [-0.3, -0.25) is 4.79 Å². The highest BCUT2D eigenvalue weighted by Gasteiger charge is 2.33. The lowest BCUT2D eigenvalue weighted by molar-refractivity contribution is -0.135. The van der Waals surface area contributed by atoms with Crippen LogP contribution in [-0.2, 0) is 9.22 Å². The number of hydrogen-bond acceptors (Lipinski definition) is 3.